The average Bonchev–Trinajstić information content (AvgIpc) is 3.57. The van der Waals surface area contributed by atoms with Crippen molar-refractivity contribution in [3.63, 3.8) is 0 Å². The van der Waals surface area contributed by atoms with E-state index < -0.39 is 15.1 Å². The highest BCUT2D eigenvalue weighted by molar-refractivity contribution is 14.1. The highest BCUT2D eigenvalue weighted by Gasteiger charge is 2.35. The van der Waals surface area contributed by atoms with Crippen molar-refractivity contribution in [2.24, 2.45) is 0 Å². The minimum Gasteiger partial charge on any atom is -0.489 e. The number of nitrogens with zero attached hydrogens (tertiary/aromatic N) is 3. The standard InChI is InChI=1S/C29H35IN6O4S/c1-17(2)40-25-11-19-16-36(21-9-10-31-15-21)28(37)22(19)12-24(25)34-29-32-14-20(13-30)27(35-29)33-23-7-5-6-8-26(23)41(38,39)18(3)4/h5-8,11-12,14,17-18,21,31H,9-10,13,15-16H2,1-4H3,(H2,32,33,34,35). The summed E-state index contributed by atoms with van der Waals surface area (Å²) in [6, 6.07) is 10.8. The summed E-state index contributed by atoms with van der Waals surface area (Å²) < 4.78 is 32.8. The summed E-state index contributed by atoms with van der Waals surface area (Å²) in [6.45, 7) is 9.50. The molecule has 1 amide bonds. The second-order valence-corrected chi connectivity index (χ2v) is 14.0. The summed E-state index contributed by atoms with van der Waals surface area (Å²) in [5.41, 5.74) is 3.44. The molecule has 1 atom stereocenters. The van der Waals surface area contributed by atoms with E-state index in [4.69, 9.17) is 9.72 Å². The predicted molar refractivity (Wildman–Crippen MR) is 168 cm³/mol. The number of nitrogens with one attached hydrogen (secondary N) is 3. The number of sulfone groups is 1. The van der Waals surface area contributed by atoms with E-state index >= 15 is 0 Å². The number of ether oxygens (including phenoxy) is 1. The van der Waals surface area contributed by atoms with Crippen LogP contribution in [0.1, 0.15) is 55.6 Å². The minimum absolute atomic E-state index is 0.0133. The first-order valence-corrected chi connectivity index (χ1v) is 16.8. The minimum atomic E-state index is -3.52. The zero-order valence-electron chi connectivity index (χ0n) is 23.6. The fourth-order valence-corrected chi connectivity index (χ4v) is 6.76. The van der Waals surface area contributed by atoms with E-state index in [-0.39, 0.29) is 22.9 Å². The molecule has 0 spiro atoms. The Balaban J connectivity index is 1.48. The summed E-state index contributed by atoms with van der Waals surface area (Å²) >= 11 is 2.23. The number of rotatable bonds is 10. The van der Waals surface area contributed by atoms with E-state index in [0.29, 0.717) is 45.4 Å². The molecule has 41 heavy (non-hydrogen) atoms. The van der Waals surface area contributed by atoms with Crippen LogP contribution in [-0.4, -0.2) is 59.7 Å². The lowest BCUT2D eigenvalue weighted by molar-refractivity contribution is 0.0717. The van der Waals surface area contributed by atoms with Crippen LogP contribution in [0.4, 0.5) is 23.1 Å². The maximum atomic E-state index is 13.4. The number of carbonyl (C=O) groups excluding carboxylic acids is 1. The van der Waals surface area contributed by atoms with Gasteiger partial charge in [-0.25, -0.2) is 13.4 Å². The van der Waals surface area contributed by atoms with E-state index in [0.717, 1.165) is 30.6 Å². The predicted octanol–water partition coefficient (Wildman–Crippen LogP) is 5.19. The number of anilines is 4. The van der Waals surface area contributed by atoms with Crippen molar-refractivity contribution in [2.75, 3.05) is 23.7 Å². The van der Waals surface area contributed by atoms with Crippen LogP contribution >= 0.6 is 22.6 Å². The number of hydrogen-bond donors (Lipinski definition) is 3. The molecule has 10 nitrogen and oxygen atoms in total. The monoisotopic (exact) mass is 690 g/mol. The second kappa shape index (κ2) is 12.1. The van der Waals surface area contributed by atoms with Crippen molar-refractivity contribution in [2.45, 2.75) is 67.4 Å². The molecule has 1 aromatic heterocycles. The molecule has 3 heterocycles. The lowest BCUT2D eigenvalue weighted by atomic mass is 10.1. The van der Waals surface area contributed by atoms with E-state index in [1.165, 1.54) is 0 Å². The molecule has 2 aliphatic rings. The molecule has 12 heteroatoms. The van der Waals surface area contributed by atoms with E-state index in [1.54, 1.807) is 44.3 Å². The molecule has 1 fully saturated rings. The number of para-hydroxylation sites is 1. The molecular weight excluding hydrogens is 655 g/mol. The first kappa shape index (κ1) is 29.5. The van der Waals surface area contributed by atoms with Crippen LogP contribution in [0.3, 0.4) is 0 Å². The van der Waals surface area contributed by atoms with Gasteiger partial charge in [0.1, 0.15) is 11.6 Å². The Bertz CT molecular complexity index is 1560. The number of benzene rings is 2. The molecule has 1 saturated heterocycles. The number of aromatic nitrogens is 2. The van der Waals surface area contributed by atoms with Crippen LogP contribution in [-0.2, 0) is 20.8 Å². The highest BCUT2D eigenvalue weighted by Crippen LogP contribution is 2.37. The van der Waals surface area contributed by atoms with Gasteiger partial charge in [0.05, 0.1) is 27.6 Å². The molecule has 0 aliphatic carbocycles. The highest BCUT2D eigenvalue weighted by atomic mass is 127. The maximum Gasteiger partial charge on any atom is 0.254 e. The van der Waals surface area contributed by atoms with Gasteiger partial charge < -0.3 is 25.6 Å². The Kier molecular flexibility index (Phi) is 8.71. The van der Waals surface area contributed by atoms with Gasteiger partial charge >= 0.3 is 0 Å². The molecular formula is C29H35IN6O4S. The number of fused-ring (bicyclic) bond motifs is 1. The van der Waals surface area contributed by atoms with Crippen molar-refractivity contribution in [3.05, 3.63) is 59.3 Å². The van der Waals surface area contributed by atoms with Crippen molar-refractivity contribution in [3.8, 4) is 5.75 Å². The third-order valence-corrected chi connectivity index (χ3v) is 10.2. The van der Waals surface area contributed by atoms with Crippen LogP contribution < -0.4 is 20.7 Å². The molecule has 0 saturated carbocycles. The molecule has 2 aromatic carbocycles. The summed E-state index contributed by atoms with van der Waals surface area (Å²) in [5.74, 6) is 1.41. The summed E-state index contributed by atoms with van der Waals surface area (Å²) in [5, 5.41) is 9.27. The largest absolute Gasteiger partial charge is 0.489 e. The van der Waals surface area contributed by atoms with E-state index in [2.05, 4.69) is 43.5 Å². The number of halogens is 1. The van der Waals surface area contributed by atoms with Gasteiger partial charge in [-0.1, -0.05) is 34.7 Å². The van der Waals surface area contributed by atoms with Gasteiger partial charge in [0, 0.05) is 40.9 Å². The van der Waals surface area contributed by atoms with Gasteiger partial charge in [-0.15, -0.1) is 0 Å². The fraction of sp³-hybridized carbons (Fsp3) is 0.414. The Morgan fingerprint density at radius 3 is 2.61 bits per heavy atom. The molecule has 2 aliphatic heterocycles. The molecule has 0 radical (unpaired) electrons. The molecule has 1 unspecified atom stereocenters. The zero-order chi connectivity index (χ0) is 29.3. The molecule has 3 aromatic rings. The van der Waals surface area contributed by atoms with Gasteiger partial charge in [-0.05, 0) is 70.5 Å². The van der Waals surface area contributed by atoms with Crippen LogP contribution in [0.25, 0.3) is 0 Å². The van der Waals surface area contributed by atoms with Gasteiger partial charge in [0.2, 0.25) is 5.95 Å². The van der Waals surface area contributed by atoms with Crippen LogP contribution in [0, 0.1) is 0 Å². The summed E-state index contributed by atoms with van der Waals surface area (Å²) in [6.07, 6.45) is 2.56. The third kappa shape index (κ3) is 6.14. The maximum absolute atomic E-state index is 13.4. The SMILES string of the molecule is CC(C)Oc1cc2c(cc1Nc1ncc(CI)c(Nc3ccccc3S(=O)(=O)C(C)C)n1)C(=O)N(C1CCNC1)C2. The third-order valence-electron chi connectivity index (χ3n) is 7.20. The number of carbonyl (C=O) groups is 1. The van der Waals surface area contributed by atoms with Crippen molar-refractivity contribution in [1.29, 1.82) is 0 Å². The van der Waals surface area contributed by atoms with Crippen molar-refractivity contribution < 1.29 is 17.9 Å². The first-order valence-electron chi connectivity index (χ1n) is 13.7. The Labute approximate surface area is 254 Å². The average molecular weight is 691 g/mol. The summed E-state index contributed by atoms with van der Waals surface area (Å²) in [7, 11) is -3.52. The molecule has 5 rings (SSSR count). The number of hydrogen-bond acceptors (Lipinski definition) is 9. The normalized spacial score (nSPS) is 16.9. The van der Waals surface area contributed by atoms with E-state index in [9.17, 15) is 13.2 Å². The number of amides is 1. The topological polar surface area (TPSA) is 126 Å². The zero-order valence-corrected chi connectivity index (χ0v) is 26.5. The Morgan fingerprint density at radius 2 is 1.93 bits per heavy atom. The van der Waals surface area contributed by atoms with Crippen molar-refractivity contribution in [1.82, 2.24) is 20.2 Å². The summed E-state index contributed by atoms with van der Waals surface area (Å²) in [4.78, 5) is 24.7. The van der Waals surface area contributed by atoms with Gasteiger partial charge in [0.15, 0.2) is 9.84 Å². The quantitative estimate of drug-likeness (QED) is 0.195. The van der Waals surface area contributed by atoms with Gasteiger partial charge in [0.25, 0.3) is 5.91 Å². The number of alkyl halides is 1. The van der Waals surface area contributed by atoms with E-state index in [1.807, 2.05) is 30.9 Å². The molecule has 0 bridgehead atoms. The molecule has 3 N–H and O–H groups in total. The van der Waals surface area contributed by atoms with Crippen LogP contribution in [0.2, 0.25) is 0 Å². The fourth-order valence-electron chi connectivity index (χ4n) is 5.00. The van der Waals surface area contributed by atoms with Gasteiger partial charge in [-0.2, -0.15) is 4.98 Å². The van der Waals surface area contributed by atoms with Crippen LogP contribution in [0.5, 0.6) is 5.75 Å². The molecule has 218 valence electrons. The first-order chi connectivity index (χ1) is 19.6. The van der Waals surface area contributed by atoms with Crippen LogP contribution in [0.15, 0.2) is 47.5 Å². The lowest BCUT2D eigenvalue weighted by Gasteiger charge is -2.22. The van der Waals surface area contributed by atoms with Crippen molar-refractivity contribution >= 4 is 61.5 Å². The lowest BCUT2D eigenvalue weighted by Crippen LogP contribution is -2.36. The van der Waals surface area contributed by atoms with Gasteiger partial charge in [-0.3, -0.25) is 4.79 Å². The smallest absolute Gasteiger partial charge is 0.254 e. The Morgan fingerprint density at radius 1 is 1.15 bits per heavy atom. The second-order valence-electron chi connectivity index (χ2n) is 10.8. The Hall–Kier alpha value is -2.97.